The van der Waals surface area contributed by atoms with Gasteiger partial charge in [-0.15, -0.1) is 0 Å². The molecule has 1 fully saturated rings. The van der Waals surface area contributed by atoms with E-state index in [1.807, 2.05) is 0 Å². The van der Waals surface area contributed by atoms with Crippen LogP contribution in [-0.4, -0.2) is 48.9 Å². The lowest BCUT2D eigenvalue weighted by Crippen LogP contribution is -2.42. The van der Waals surface area contributed by atoms with Crippen molar-refractivity contribution >= 4 is 27.6 Å². The van der Waals surface area contributed by atoms with Crippen LogP contribution in [-0.2, 0) is 19.6 Å². The number of rotatable bonds is 3. The molecule has 25 heavy (non-hydrogen) atoms. The maximum Gasteiger partial charge on any atom is 0.307 e. The molecule has 2 aliphatic heterocycles. The molecule has 0 aliphatic carbocycles. The number of aliphatic carboxylic acids is 1. The number of aryl methyl sites for hydroxylation is 1. The fourth-order valence-corrected chi connectivity index (χ4v) is 4.87. The van der Waals surface area contributed by atoms with Gasteiger partial charge in [0.2, 0.25) is 10.0 Å². The summed E-state index contributed by atoms with van der Waals surface area (Å²) in [4.78, 5) is 23.0. The molecule has 0 radical (unpaired) electrons. The van der Waals surface area contributed by atoms with Gasteiger partial charge in [0.25, 0.3) is 5.91 Å². The Balaban J connectivity index is 1.96. The van der Waals surface area contributed by atoms with Crippen molar-refractivity contribution in [1.29, 1.82) is 0 Å². The Hall–Kier alpha value is -2.13. The molecule has 0 spiro atoms. The van der Waals surface area contributed by atoms with E-state index in [1.54, 1.807) is 19.9 Å². The van der Waals surface area contributed by atoms with Gasteiger partial charge in [-0.2, -0.15) is 4.31 Å². The maximum atomic E-state index is 13.0. The van der Waals surface area contributed by atoms with Crippen LogP contribution in [0.5, 0.6) is 5.75 Å². The minimum Gasteiger partial charge on any atom is -0.481 e. The SMILES string of the molecule is Cc1cc2c(cc1S(=O)(=O)N1CCC[C@H](C(=O)O)C1)O[C@@H](C)C(=O)N2. The predicted molar refractivity (Wildman–Crippen MR) is 89.0 cm³/mol. The van der Waals surface area contributed by atoms with Crippen molar-refractivity contribution in [2.75, 3.05) is 18.4 Å². The molecule has 0 saturated carbocycles. The van der Waals surface area contributed by atoms with Gasteiger partial charge in [-0.1, -0.05) is 0 Å². The van der Waals surface area contributed by atoms with Crippen LogP contribution in [0.3, 0.4) is 0 Å². The number of fused-ring (bicyclic) bond motifs is 1. The zero-order valence-corrected chi connectivity index (χ0v) is 14.8. The van der Waals surface area contributed by atoms with Crippen molar-refractivity contribution < 1.29 is 27.9 Å². The highest BCUT2D eigenvalue weighted by atomic mass is 32.2. The van der Waals surface area contributed by atoms with Crippen molar-refractivity contribution in [1.82, 2.24) is 4.31 Å². The lowest BCUT2D eigenvalue weighted by atomic mass is 10.0. The minimum absolute atomic E-state index is 0.0395. The van der Waals surface area contributed by atoms with Crippen LogP contribution in [0.1, 0.15) is 25.3 Å². The van der Waals surface area contributed by atoms with Crippen LogP contribution in [0, 0.1) is 12.8 Å². The third-order valence-electron chi connectivity index (χ3n) is 4.56. The van der Waals surface area contributed by atoms with Gasteiger partial charge in [0.15, 0.2) is 6.10 Å². The Kier molecular flexibility index (Phi) is 4.46. The van der Waals surface area contributed by atoms with Gasteiger partial charge in [0, 0.05) is 19.2 Å². The third kappa shape index (κ3) is 3.21. The van der Waals surface area contributed by atoms with E-state index in [9.17, 15) is 23.1 Å². The number of nitrogens with one attached hydrogen (secondary N) is 1. The molecule has 1 aromatic carbocycles. The van der Waals surface area contributed by atoms with E-state index in [4.69, 9.17) is 4.74 Å². The van der Waals surface area contributed by atoms with Crippen molar-refractivity contribution in [2.24, 2.45) is 5.92 Å². The fourth-order valence-electron chi connectivity index (χ4n) is 3.12. The number of benzene rings is 1. The lowest BCUT2D eigenvalue weighted by molar-refractivity contribution is -0.142. The van der Waals surface area contributed by atoms with Gasteiger partial charge in [-0.3, -0.25) is 9.59 Å². The molecular formula is C16H20N2O6S. The van der Waals surface area contributed by atoms with Crippen LogP contribution in [0.2, 0.25) is 0 Å². The summed E-state index contributed by atoms with van der Waals surface area (Å²) >= 11 is 0. The molecule has 0 unspecified atom stereocenters. The number of carbonyl (C=O) groups is 2. The predicted octanol–water partition coefficient (Wildman–Crippen LogP) is 1.20. The number of nitrogens with zero attached hydrogens (tertiary/aromatic N) is 1. The number of sulfonamides is 1. The number of anilines is 1. The summed E-state index contributed by atoms with van der Waals surface area (Å²) in [6.07, 6.45) is 0.262. The lowest BCUT2D eigenvalue weighted by Gasteiger charge is -2.31. The Bertz CT molecular complexity index is 835. The van der Waals surface area contributed by atoms with Gasteiger partial charge in [0.05, 0.1) is 16.5 Å². The molecule has 9 heteroatoms. The zero-order valence-electron chi connectivity index (χ0n) is 14.0. The van der Waals surface area contributed by atoms with Crippen LogP contribution >= 0.6 is 0 Å². The second-order valence-electron chi connectivity index (χ2n) is 6.40. The largest absolute Gasteiger partial charge is 0.481 e. The topological polar surface area (TPSA) is 113 Å². The molecule has 2 aliphatic rings. The third-order valence-corrected chi connectivity index (χ3v) is 6.57. The van der Waals surface area contributed by atoms with Crippen molar-refractivity contribution in [2.45, 2.75) is 37.7 Å². The van der Waals surface area contributed by atoms with E-state index in [2.05, 4.69) is 5.32 Å². The van der Waals surface area contributed by atoms with Crippen LogP contribution < -0.4 is 10.1 Å². The van der Waals surface area contributed by atoms with E-state index < -0.39 is 28.0 Å². The van der Waals surface area contributed by atoms with Crippen molar-refractivity contribution in [3.05, 3.63) is 17.7 Å². The van der Waals surface area contributed by atoms with E-state index >= 15 is 0 Å². The number of ether oxygens (including phenoxy) is 1. The summed E-state index contributed by atoms with van der Waals surface area (Å²) in [6, 6.07) is 2.96. The van der Waals surface area contributed by atoms with Gasteiger partial charge in [-0.05, 0) is 38.3 Å². The van der Waals surface area contributed by atoms with Crippen molar-refractivity contribution in [3.8, 4) is 5.75 Å². The van der Waals surface area contributed by atoms with Crippen LogP contribution in [0.15, 0.2) is 17.0 Å². The molecule has 2 N–H and O–H groups in total. The number of carboxylic acid groups (broad SMARTS) is 1. The molecule has 1 amide bonds. The van der Waals surface area contributed by atoms with Gasteiger partial charge >= 0.3 is 5.97 Å². The summed E-state index contributed by atoms with van der Waals surface area (Å²) in [6.45, 7) is 3.46. The normalized spacial score (nSPS) is 24.2. The highest BCUT2D eigenvalue weighted by Gasteiger charge is 2.35. The average Bonchev–Trinajstić information content (AvgIpc) is 2.56. The monoisotopic (exact) mass is 368 g/mol. The highest BCUT2D eigenvalue weighted by molar-refractivity contribution is 7.89. The number of hydrogen-bond donors (Lipinski definition) is 2. The standard InChI is InChI=1S/C16H20N2O6S/c1-9-6-12-13(24-10(2)15(19)17-12)7-14(9)25(22,23)18-5-3-4-11(8-18)16(20)21/h6-7,10-11H,3-5,8H2,1-2H3,(H,17,19)(H,20,21)/t10-,11-/m0/s1. The average molecular weight is 368 g/mol. The number of carbonyl (C=O) groups excluding carboxylic acids is 1. The number of amides is 1. The molecule has 2 heterocycles. The summed E-state index contributed by atoms with van der Waals surface area (Å²) in [5.74, 6) is -1.68. The van der Waals surface area contributed by atoms with Crippen LogP contribution in [0.4, 0.5) is 5.69 Å². The highest BCUT2D eigenvalue weighted by Crippen LogP contribution is 2.36. The number of piperidine rings is 1. The quantitative estimate of drug-likeness (QED) is 0.829. The van der Waals surface area contributed by atoms with Gasteiger partial charge < -0.3 is 15.2 Å². The van der Waals surface area contributed by atoms with E-state index in [0.717, 1.165) is 0 Å². The van der Waals surface area contributed by atoms with E-state index in [1.165, 1.54) is 10.4 Å². The molecule has 0 aromatic heterocycles. The first kappa shape index (κ1) is 17.7. The molecule has 1 saturated heterocycles. The number of carboxylic acids is 1. The first-order chi connectivity index (χ1) is 11.7. The zero-order chi connectivity index (χ0) is 18.4. The molecular weight excluding hydrogens is 348 g/mol. The Morgan fingerprint density at radius 1 is 1.40 bits per heavy atom. The fraction of sp³-hybridized carbons (Fsp3) is 0.500. The second kappa shape index (κ2) is 6.30. The molecule has 0 bridgehead atoms. The van der Waals surface area contributed by atoms with Crippen LogP contribution in [0.25, 0.3) is 0 Å². The van der Waals surface area contributed by atoms with E-state index in [-0.39, 0.29) is 23.9 Å². The summed E-state index contributed by atoms with van der Waals surface area (Å²) < 4.78 is 32.7. The summed E-state index contributed by atoms with van der Waals surface area (Å²) in [7, 11) is -3.85. The van der Waals surface area contributed by atoms with Gasteiger partial charge in [0.1, 0.15) is 5.75 Å². The summed E-state index contributed by atoms with van der Waals surface area (Å²) in [5, 5.41) is 11.9. The first-order valence-corrected chi connectivity index (χ1v) is 9.49. The molecule has 2 atom stereocenters. The van der Waals surface area contributed by atoms with E-state index in [0.29, 0.717) is 29.8 Å². The summed E-state index contributed by atoms with van der Waals surface area (Å²) in [5.41, 5.74) is 0.899. The molecule has 3 rings (SSSR count). The maximum absolute atomic E-state index is 13.0. The molecule has 136 valence electrons. The first-order valence-electron chi connectivity index (χ1n) is 8.05. The Morgan fingerprint density at radius 2 is 2.12 bits per heavy atom. The smallest absolute Gasteiger partial charge is 0.307 e. The molecule has 1 aromatic rings. The van der Waals surface area contributed by atoms with Crippen molar-refractivity contribution in [3.63, 3.8) is 0 Å². The molecule has 8 nitrogen and oxygen atoms in total. The second-order valence-corrected chi connectivity index (χ2v) is 8.31. The van der Waals surface area contributed by atoms with Gasteiger partial charge in [-0.25, -0.2) is 8.42 Å². The minimum atomic E-state index is -3.85. The Labute approximate surface area is 145 Å². The Morgan fingerprint density at radius 3 is 2.80 bits per heavy atom. The number of hydrogen-bond acceptors (Lipinski definition) is 5.